The number of ether oxygens (including phenoxy) is 6. The molecular formula is C91H102ClN5O15. The zero-order valence-electron chi connectivity index (χ0n) is 65.0. The number of benzene rings is 10. The number of ketones is 3. The second kappa shape index (κ2) is 48.2. The van der Waals surface area contributed by atoms with Crippen LogP contribution in [0.15, 0.2) is 279 Å². The second-order valence-electron chi connectivity index (χ2n) is 27.2. The van der Waals surface area contributed by atoms with Crippen molar-refractivity contribution in [2.45, 2.75) is 122 Å². The van der Waals surface area contributed by atoms with Crippen LogP contribution < -0.4 is 46.4 Å². The third-order valence-electron chi connectivity index (χ3n) is 16.2. The molecule has 0 aromatic heterocycles. The van der Waals surface area contributed by atoms with Gasteiger partial charge in [0.2, 0.25) is 0 Å². The van der Waals surface area contributed by atoms with E-state index in [0.717, 1.165) is 50.4 Å². The van der Waals surface area contributed by atoms with Gasteiger partial charge in [-0.3, -0.25) is 24.0 Å². The van der Waals surface area contributed by atoms with Gasteiger partial charge in [0.1, 0.15) is 40.2 Å². The lowest BCUT2D eigenvalue weighted by Gasteiger charge is -2.23. The SMILES string of the molecule is CC(C)(C)OC(=O)NC(Cc1ccccc1)C(=O)O.COc1ccccc1CC(=O)C(Cc1ccccc1)NC(=O)OC(C)(C)C.COc1ccccc1CC(=O)C(Cc1ccccc1)NC(=O)c1ccccc1.COc1ccccc1CC(=O)C(N)Cc1ccccc1.COc1ccccc1N.O=C(Cl)c1ccccc1. The van der Waals surface area contributed by atoms with Crippen molar-refractivity contribution in [1.29, 1.82) is 0 Å². The van der Waals surface area contributed by atoms with Crippen LogP contribution in [0.25, 0.3) is 0 Å². The van der Waals surface area contributed by atoms with Gasteiger partial charge in [-0.05, 0) is 137 Å². The van der Waals surface area contributed by atoms with Crippen LogP contribution in [0.1, 0.15) is 101 Å². The molecule has 8 N–H and O–H groups in total. The Hall–Kier alpha value is -12.4. The van der Waals surface area contributed by atoms with Crippen LogP contribution in [0.4, 0.5) is 15.3 Å². The van der Waals surface area contributed by atoms with Crippen molar-refractivity contribution in [3.05, 3.63) is 329 Å². The van der Waals surface area contributed by atoms with Gasteiger partial charge in [-0.2, -0.15) is 0 Å². The summed E-state index contributed by atoms with van der Waals surface area (Å²) in [5, 5.41) is 16.7. The van der Waals surface area contributed by atoms with E-state index < -0.39 is 58.8 Å². The number of nitrogens with two attached hydrogens (primary N) is 2. The molecule has 0 spiro atoms. The molecule has 10 aromatic carbocycles. The predicted molar refractivity (Wildman–Crippen MR) is 439 cm³/mol. The average molecular weight is 1540 g/mol. The molecule has 0 bridgehead atoms. The number of methoxy groups -OCH3 is 4. The number of nitrogen functional groups attached to an aromatic ring is 1. The molecule has 4 unspecified atom stereocenters. The molecule has 10 aromatic rings. The first-order valence-electron chi connectivity index (χ1n) is 36.1. The number of halogens is 1. The molecule has 0 radical (unpaired) electrons. The summed E-state index contributed by atoms with van der Waals surface area (Å²) in [4.78, 5) is 96.2. The Morgan fingerprint density at radius 1 is 0.357 bits per heavy atom. The fourth-order valence-corrected chi connectivity index (χ4v) is 10.8. The maximum Gasteiger partial charge on any atom is 0.408 e. The number of carboxylic acids is 1. The third kappa shape index (κ3) is 34.9. The number of carbonyl (C=O) groups is 8. The van der Waals surface area contributed by atoms with Gasteiger partial charge >= 0.3 is 18.2 Å². The summed E-state index contributed by atoms with van der Waals surface area (Å²) in [5.74, 6) is 1.31. The maximum absolute atomic E-state index is 13.1. The number of carbonyl (C=O) groups excluding carboxylic acids is 7. The molecule has 21 heteroatoms. The summed E-state index contributed by atoms with van der Waals surface area (Å²) in [6, 6.07) is 82.8. The third-order valence-corrected chi connectivity index (χ3v) is 16.4. The number of aliphatic carboxylic acids is 1. The molecule has 588 valence electrons. The summed E-state index contributed by atoms with van der Waals surface area (Å²) in [7, 11) is 6.37. The van der Waals surface area contributed by atoms with E-state index in [1.165, 1.54) is 0 Å². The quantitative estimate of drug-likeness (QED) is 0.0206. The first kappa shape index (κ1) is 90.2. The normalized spacial score (nSPS) is 11.5. The predicted octanol–water partition coefficient (Wildman–Crippen LogP) is 15.7. The van der Waals surface area contributed by atoms with Gasteiger partial charge in [0.25, 0.3) is 11.1 Å². The number of carboxylic acid groups (broad SMARTS) is 1. The monoisotopic (exact) mass is 1540 g/mol. The Balaban J connectivity index is 0.000000250. The molecule has 4 atom stereocenters. The Morgan fingerprint density at radius 2 is 0.634 bits per heavy atom. The summed E-state index contributed by atoms with van der Waals surface area (Å²) < 4.78 is 31.2. The minimum absolute atomic E-state index is 0.0263. The summed E-state index contributed by atoms with van der Waals surface area (Å²) in [6.07, 6.45) is 0.949. The average Bonchev–Trinajstić information content (AvgIpc) is 0.855. The number of amides is 3. The standard InChI is InChI=1S/C24H23NO3.C22H27NO4.C17H19NO2.C14H19NO4.C7H5ClO.C7H9NO/c1-28-23-15-9-8-14-20(23)17-22(26)21(16-18-10-4-2-5-11-18)25-24(27)19-12-6-3-7-13-19;1-22(2,3)27-21(25)23-18(14-16-10-6-5-7-11-16)19(24)15-17-12-8-9-13-20(17)26-4;1-20-17-10-6-5-9-14(17)12-16(19)15(18)11-13-7-3-2-4-8-13;1-14(2,3)19-13(18)15-11(12(16)17)9-10-7-5-4-6-8-10;8-7(9)6-4-2-1-3-5-6;1-9-7-5-3-2-4-6(7)8/h2-15,21H,16-17H2,1H3,(H,25,27);5-13,18H,14-15H2,1-4H3,(H,23,25);2-10,15H,11-12,18H2,1H3;4-8,11H,9H2,1-3H3,(H,15,18)(H,16,17);1-5H;2-5H,8H2,1H3. The van der Waals surface area contributed by atoms with Crippen molar-refractivity contribution in [3.8, 4) is 23.0 Å². The molecule has 112 heavy (non-hydrogen) atoms. The number of hydrogen-bond donors (Lipinski definition) is 6. The van der Waals surface area contributed by atoms with Crippen molar-refractivity contribution in [1.82, 2.24) is 16.0 Å². The van der Waals surface area contributed by atoms with Crippen molar-refractivity contribution in [2.75, 3.05) is 34.2 Å². The summed E-state index contributed by atoms with van der Waals surface area (Å²) in [6.45, 7) is 10.5. The van der Waals surface area contributed by atoms with Crippen molar-refractivity contribution < 1.29 is 71.9 Å². The van der Waals surface area contributed by atoms with Crippen LogP contribution in [0.3, 0.4) is 0 Å². The second-order valence-corrected chi connectivity index (χ2v) is 27.6. The molecule has 0 aliphatic rings. The molecule has 0 aliphatic heterocycles. The fraction of sp³-hybridized carbons (Fsp3) is 0.253. The highest BCUT2D eigenvalue weighted by Crippen LogP contribution is 2.24. The zero-order chi connectivity index (χ0) is 81.9. The van der Waals surface area contributed by atoms with Crippen molar-refractivity contribution in [3.63, 3.8) is 0 Å². The molecule has 20 nitrogen and oxygen atoms in total. The number of alkyl carbamates (subject to hydrolysis) is 2. The Kier molecular flexibility index (Phi) is 38.8. The lowest BCUT2D eigenvalue weighted by Crippen LogP contribution is -2.45. The van der Waals surface area contributed by atoms with Crippen molar-refractivity contribution >= 4 is 63.9 Å². The molecule has 10 rings (SSSR count). The zero-order valence-corrected chi connectivity index (χ0v) is 65.8. The first-order valence-corrected chi connectivity index (χ1v) is 36.5. The Labute approximate surface area is 662 Å². The van der Waals surface area contributed by atoms with E-state index in [0.29, 0.717) is 54.0 Å². The number of hydrogen-bond acceptors (Lipinski definition) is 16. The molecule has 0 saturated carbocycles. The van der Waals surface area contributed by atoms with Gasteiger partial charge in [0.15, 0.2) is 17.3 Å². The maximum atomic E-state index is 13.1. The van der Waals surface area contributed by atoms with E-state index in [9.17, 15) is 38.4 Å². The highest BCUT2D eigenvalue weighted by molar-refractivity contribution is 6.67. The molecule has 3 amide bonds. The number of Topliss-reactive ketones (excluding diaryl/α,β-unsaturated/α-hetero) is 3. The van der Waals surface area contributed by atoms with Gasteiger partial charge in [-0.25, -0.2) is 14.4 Å². The highest BCUT2D eigenvalue weighted by atomic mass is 35.5. The van der Waals surface area contributed by atoms with E-state index in [4.69, 9.17) is 56.6 Å². The van der Waals surface area contributed by atoms with Gasteiger partial charge in [0.05, 0.1) is 52.3 Å². The van der Waals surface area contributed by atoms with E-state index in [-0.39, 0.29) is 42.5 Å². The van der Waals surface area contributed by atoms with Crippen molar-refractivity contribution in [2.24, 2.45) is 5.73 Å². The molecule has 0 saturated heterocycles. The Bertz CT molecular complexity index is 4510. The minimum Gasteiger partial charge on any atom is -0.496 e. The number of rotatable bonds is 27. The lowest BCUT2D eigenvalue weighted by atomic mass is 9.97. The Morgan fingerprint density at radius 3 is 0.946 bits per heavy atom. The largest absolute Gasteiger partial charge is 0.496 e. The first-order chi connectivity index (χ1) is 53.6. The van der Waals surface area contributed by atoms with Crippen LogP contribution in [-0.2, 0) is 73.6 Å². The topological polar surface area (TPSA) is 300 Å². The van der Waals surface area contributed by atoms with Crippen LogP contribution in [0.2, 0.25) is 0 Å². The van der Waals surface area contributed by atoms with Crippen LogP contribution in [0.5, 0.6) is 23.0 Å². The molecular weight excluding hydrogens is 1440 g/mol. The molecule has 0 fully saturated rings. The van der Waals surface area contributed by atoms with Crippen LogP contribution >= 0.6 is 11.6 Å². The van der Waals surface area contributed by atoms with Crippen LogP contribution in [0, 0.1) is 0 Å². The van der Waals surface area contributed by atoms with E-state index in [2.05, 4.69) is 16.0 Å². The van der Waals surface area contributed by atoms with E-state index >= 15 is 0 Å². The van der Waals surface area contributed by atoms with Crippen LogP contribution in [-0.4, -0.2) is 116 Å². The van der Waals surface area contributed by atoms with Gasteiger partial charge in [0, 0.05) is 53.5 Å². The highest BCUT2D eigenvalue weighted by Gasteiger charge is 2.28. The van der Waals surface area contributed by atoms with Gasteiger partial charge in [-0.1, -0.05) is 237 Å². The summed E-state index contributed by atoms with van der Waals surface area (Å²) >= 11 is 5.16. The van der Waals surface area contributed by atoms with E-state index in [1.807, 2.05) is 224 Å². The van der Waals surface area contributed by atoms with Gasteiger partial charge in [-0.15, -0.1) is 0 Å². The number of nitrogens with one attached hydrogen (secondary N) is 3. The molecule has 0 heterocycles. The smallest absolute Gasteiger partial charge is 0.408 e. The minimum atomic E-state index is -1.09. The van der Waals surface area contributed by atoms with E-state index in [1.54, 1.807) is 125 Å². The number of anilines is 1. The fourth-order valence-electron chi connectivity index (χ4n) is 10.7. The number of para-hydroxylation sites is 5. The van der Waals surface area contributed by atoms with Gasteiger partial charge < -0.3 is 60.9 Å². The lowest BCUT2D eigenvalue weighted by molar-refractivity contribution is -0.139. The molecule has 0 aliphatic carbocycles. The summed E-state index contributed by atoms with van der Waals surface area (Å²) in [5.41, 5.74) is 18.3.